The molecule has 4 rings (SSSR count). The fourth-order valence-electron chi connectivity index (χ4n) is 3.49. The van der Waals surface area contributed by atoms with E-state index in [0.29, 0.717) is 25.3 Å². The van der Waals surface area contributed by atoms with Crippen LogP contribution in [0.15, 0.2) is 28.8 Å². The lowest BCUT2D eigenvalue weighted by atomic mass is 9.96. The number of hydrogen-bond donors (Lipinski definition) is 1. The number of rotatable bonds is 5. The Balaban J connectivity index is 0.00000196. The molecule has 2 fully saturated rings. The highest BCUT2D eigenvalue weighted by Gasteiger charge is 2.32. The first-order valence-electron chi connectivity index (χ1n) is 9.15. The van der Waals surface area contributed by atoms with E-state index in [1.807, 2.05) is 29.2 Å². The van der Waals surface area contributed by atoms with Gasteiger partial charge in [-0.3, -0.25) is 4.79 Å². The quantitative estimate of drug-likeness (QED) is 0.809. The molecule has 2 aromatic rings. The Morgan fingerprint density at radius 2 is 2.04 bits per heavy atom. The first-order valence-corrected chi connectivity index (χ1v) is 9.15. The molecule has 1 aliphatic carbocycles. The van der Waals surface area contributed by atoms with Crippen LogP contribution in [0.1, 0.15) is 61.2 Å². The molecule has 1 aromatic carbocycles. The number of carbonyl (C=O) groups excluding carboxylic acids is 1. The van der Waals surface area contributed by atoms with Crippen molar-refractivity contribution < 1.29 is 9.32 Å². The summed E-state index contributed by atoms with van der Waals surface area (Å²) in [7, 11) is 0. The number of benzene rings is 1. The van der Waals surface area contributed by atoms with Crippen LogP contribution in [-0.2, 0) is 11.2 Å². The fraction of sp³-hybridized carbons (Fsp3) is 0.526. The fourth-order valence-corrected chi connectivity index (χ4v) is 3.49. The normalized spacial score (nSPS) is 19.8. The number of aromatic nitrogens is 2. The number of nitrogens with two attached hydrogens (primary N) is 1. The van der Waals surface area contributed by atoms with Crippen molar-refractivity contribution in [3.05, 3.63) is 41.5 Å². The van der Waals surface area contributed by atoms with Gasteiger partial charge in [-0.2, -0.15) is 4.98 Å². The smallest absolute Gasteiger partial charge is 0.229 e. The van der Waals surface area contributed by atoms with Crippen LogP contribution < -0.4 is 5.73 Å². The molecule has 1 atom stereocenters. The predicted octanol–water partition coefficient (Wildman–Crippen LogP) is 3.29. The molecule has 1 saturated carbocycles. The summed E-state index contributed by atoms with van der Waals surface area (Å²) in [5, 5.41) is 4.16. The van der Waals surface area contributed by atoms with Crippen LogP contribution in [-0.4, -0.2) is 34.0 Å². The van der Waals surface area contributed by atoms with E-state index in [1.54, 1.807) is 0 Å². The summed E-state index contributed by atoms with van der Waals surface area (Å²) >= 11 is 0. The minimum atomic E-state index is 0. The summed E-state index contributed by atoms with van der Waals surface area (Å²) in [4.78, 5) is 19.1. The van der Waals surface area contributed by atoms with Gasteiger partial charge in [-0.15, -0.1) is 12.4 Å². The molecule has 1 saturated heterocycles. The molecule has 1 amide bonds. The molecular formula is C19H25ClN4O2. The zero-order valence-electron chi connectivity index (χ0n) is 14.8. The Kier molecular flexibility index (Phi) is 5.81. The molecule has 0 bridgehead atoms. The predicted molar refractivity (Wildman–Crippen MR) is 101 cm³/mol. The minimum absolute atomic E-state index is 0. The lowest BCUT2D eigenvalue weighted by Gasteiger charge is -2.31. The van der Waals surface area contributed by atoms with Crippen LogP contribution in [0.25, 0.3) is 0 Å². The van der Waals surface area contributed by atoms with E-state index in [4.69, 9.17) is 10.3 Å². The maximum Gasteiger partial charge on any atom is 0.229 e. The number of hydrogen-bond acceptors (Lipinski definition) is 5. The highest BCUT2D eigenvalue weighted by Crippen LogP contribution is 2.39. The van der Waals surface area contributed by atoms with Gasteiger partial charge in [0.15, 0.2) is 5.82 Å². The molecule has 0 spiro atoms. The van der Waals surface area contributed by atoms with E-state index >= 15 is 0 Å². The van der Waals surface area contributed by atoms with Gasteiger partial charge >= 0.3 is 0 Å². The van der Waals surface area contributed by atoms with E-state index in [1.165, 1.54) is 0 Å². The number of anilines is 1. The Morgan fingerprint density at radius 3 is 2.81 bits per heavy atom. The van der Waals surface area contributed by atoms with Crippen LogP contribution >= 0.6 is 12.4 Å². The second kappa shape index (κ2) is 8.08. The van der Waals surface area contributed by atoms with Gasteiger partial charge in [-0.25, -0.2) is 0 Å². The highest BCUT2D eigenvalue weighted by atomic mass is 35.5. The topological polar surface area (TPSA) is 85.3 Å². The number of amides is 1. The van der Waals surface area contributed by atoms with Gasteiger partial charge in [-0.1, -0.05) is 23.4 Å². The van der Waals surface area contributed by atoms with E-state index in [-0.39, 0.29) is 24.2 Å². The lowest BCUT2D eigenvalue weighted by Crippen LogP contribution is -2.39. The highest BCUT2D eigenvalue weighted by molar-refractivity contribution is 5.85. The number of likely N-dealkylation sites (tertiary alicyclic amines) is 1. The largest absolute Gasteiger partial charge is 0.399 e. The van der Waals surface area contributed by atoms with Gasteiger partial charge in [-0.05, 0) is 43.7 Å². The van der Waals surface area contributed by atoms with Crippen molar-refractivity contribution in [1.82, 2.24) is 15.0 Å². The zero-order valence-corrected chi connectivity index (χ0v) is 15.6. The van der Waals surface area contributed by atoms with Crippen molar-refractivity contribution >= 4 is 24.0 Å². The number of carbonyl (C=O) groups is 1. The molecule has 26 heavy (non-hydrogen) atoms. The summed E-state index contributed by atoms with van der Waals surface area (Å²) in [5.41, 5.74) is 7.76. The molecule has 1 aliphatic heterocycles. The Bertz CT molecular complexity index is 760. The maximum atomic E-state index is 12.6. The summed E-state index contributed by atoms with van der Waals surface area (Å²) < 4.78 is 5.38. The van der Waals surface area contributed by atoms with Gasteiger partial charge in [0, 0.05) is 37.0 Å². The van der Waals surface area contributed by atoms with Gasteiger partial charge < -0.3 is 15.2 Å². The van der Waals surface area contributed by atoms with E-state index < -0.39 is 0 Å². The van der Waals surface area contributed by atoms with Crippen LogP contribution in [0.2, 0.25) is 0 Å². The first kappa shape index (κ1) is 18.7. The third kappa shape index (κ3) is 4.18. The van der Waals surface area contributed by atoms with Gasteiger partial charge in [0.25, 0.3) is 0 Å². The van der Waals surface area contributed by atoms with Gasteiger partial charge in [0.2, 0.25) is 11.8 Å². The van der Waals surface area contributed by atoms with Crippen LogP contribution in [0.3, 0.4) is 0 Å². The number of nitrogen functional groups attached to an aromatic ring is 1. The number of aryl methyl sites for hydroxylation is 1. The summed E-state index contributed by atoms with van der Waals surface area (Å²) in [5.74, 6) is 2.39. The monoisotopic (exact) mass is 376 g/mol. The van der Waals surface area contributed by atoms with Crippen molar-refractivity contribution in [1.29, 1.82) is 0 Å². The average molecular weight is 377 g/mol. The lowest BCUT2D eigenvalue weighted by molar-refractivity contribution is -0.132. The molecule has 6 nitrogen and oxygen atoms in total. The molecule has 1 unspecified atom stereocenters. The van der Waals surface area contributed by atoms with Gasteiger partial charge in [0.1, 0.15) is 0 Å². The van der Waals surface area contributed by atoms with E-state index in [9.17, 15) is 4.79 Å². The Hall–Kier alpha value is -2.08. The van der Waals surface area contributed by atoms with Crippen LogP contribution in [0, 0.1) is 0 Å². The van der Waals surface area contributed by atoms with Crippen molar-refractivity contribution in [3.63, 3.8) is 0 Å². The summed E-state index contributed by atoms with van der Waals surface area (Å²) in [6.07, 6.45) is 5.47. The molecule has 140 valence electrons. The molecule has 2 N–H and O–H groups in total. The first-order chi connectivity index (χ1) is 12.2. The molecule has 7 heteroatoms. The summed E-state index contributed by atoms with van der Waals surface area (Å²) in [6, 6.07) is 7.74. The second-order valence-corrected chi connectivity index (χ2v) is 7.14. The number of para-hydroxylation sites is 1. The van der Waals surface area contributed by atoms with Crippen molar-refractivity contribution in [2.24, 2.45) is 0 Å². The molecule has 2 heterocycles. The minimum Gasteiger partial charge on any atom is -0.399 e. The van der Waals surface area contributed by atoms with Crippen molar-refractivity contribution in [2.75, 3.05) is 18.8 Å². The van der Waals surface area contributed by atoms with E-state index in [0.717, 1.165) is 55.2 Å². The molecular weight excluding hydrogens is 352 g/mol. The van der Waals surface area contributed by atoms with Crippen molar-refractivity contribution in [2.45, 2.75) is 50.4 Å². The number of piperidine rings is 1. The van der Waals surface area contributed by atoms with E-state index in [2.05, 4.69) is 10.1 Å². The zero-order chi connectivity index (χ0) is 17.2. The SMILES string of the molecule is Cl.Nc1ccccc1CCC(=O)N1CCCC(c2noc(C3CC3)n2)C1. The molecule has 2 aliphatic rings. The Morgan fingerprint density at radius 1 is 1.23 bits per heavy atom. The van der Waals surface area contributed by atoms with Crippen LogP contribution in [0.5, 0.6) is 0 Å². The third-order valence-electron chi connectivity index (χ3n) is 5.19. The van der Waals surface area contributed by atoms with Crippen molar-refractivity contribution in [3.8, 4) is 0 Å². The third-order valence-corrected chi connectivity index (χ3v) is 5.19. The van der Waals surface area contributed by atoms with Crippen LogP contribution in [0.4, 0.5) is 5.69 Å². The molecule has 1 aromatic heterocycles. The average Bonchev–Trinajstić information content (AvgIpc) is 3.38. The number of nitrogens with zero attached hydrogens (tertiary/aromatic N) is 3. The van der Waals surface area contributed by atoms with Gasteiger partial charge in [0.05, 0.1) is 0 Å². The number of halogens is 1. The molecule has 0 radical (unpaired) electrons. The standard InChI is InChI=1S/C19H24N4O2.ClH/c20-16-6-2-1-4-13(16)9-10-17(24)23-11-3-5-15(12-23)18-21-19(25-22-18)14-7-8-14;/h1-2,4,6,14-15H,3,5,7-12,20H2;1H. The second-order valence-electron chi connectivity index (χ2n) is 7.14. The Labute approximate surface area is 159 Å². The summed E-state index contributed by atoms with van der Waals surface area (Å²) in [6.45, 7) is 1.50. The maximum absolute atomic E-state index is 12.6.